The van der Waals surface area contributed by atoms with Gasteiger partial charge in [0.05, 0.1) is 23.6 Å². The van der Waals surface area contributed by atoms with Crippen molar-refractivity contribution in [1.29, 1.82) is 0 Å². The molecule has 0 radical (unpaired) electrons. The third-order valence-corrected chi connectivity index (χ3v) is 5.82. The molecule has 4 nitrogen and oxygen atoms in total. The van der Waals surface area contributed by atoms with Crippen molar-refractivity contribution < 1.29 is 8.42 Å². The Balaban J connectivity index is 2.02. The largest absolute Gasteiger partial charge is 0.356 e. The van der Waals surface area contributed by atoms with Gasteiger partial charge in [-0.15, -0.1) is 0 Å². The highest BCUT2D eigenvalue weighted by Crippen LogP contribution is 2.31. The van der Waals surface area contributed by atoms with Crippen LogP contribution in [-0.2, 0) is 9.84 Å². The van der Waals surface area contributed by atoms with Crippen LogP contribution in [-0.4, -0.2) is 37.1 Å². The van der Waals surface area contributed by atoms with E-state index in [9.17, 15) is 8.42 Å². The second-order valence-electron chi connectivity index (χ2n) is 5.36. The van der Waals surface area contributed by atoms with Crippen LogP contribution in [0.15, 0.2) is 18.2 Å². The number of hydrogen-bond acceptors (Lipinski definition) is 3. The zero-order valence-electron chi connectivity index (χ0n) is 10.9. The summed E-state index contributed by atoms with van der Waals surface area (Å²) in [6, 6.07) is 6.00. The fraction of sp³-hybridized carbons (Fsp3) is 0.462. The summed E-state index contributed by atoms with van der Waals surface area (Å²) < 4.78 is 23.5. The van der Waals surface area contributed by atoms with Gasteiger partial charge in [-0.2, -0.15) is 0 Å². The van der Waals surface area contributed by atoms with Gasteiger partial charge in [0.25, 0.3) is 0 Å². The number of aryl methyl sites for hydroxylation is 2. The minimum atomic E-state index is -2.95. The summed E-state index contributed by atoms with van der Waals surface area (Å²) in [6.07, 6.45) is 0. The van der Waals surface area contributed by atoms with Gasteiger partial charge in [0.1, 0.15) is 0 Å². The normalized spacial score (nSPS) is 28.3. The van der Waals surface area contributed by atoms with Crippen molar-refractivity contribution >= 4 is 32.9 Å². The average molecular weight is 296 g/mol. The predicted molar refractivity (Wildman–Crippen MR) is 80.4 cm³/mol. The number of benzene rings is 1. The molecule has 19 heavy (non-hydrogen) atoms. The molecule has 2 saturated heterocycles. The second kappa shape index (κ2) is 4.18. The highest BCUT2D eigenvalue weighted by Gasteiger charge is 2.47. The van der Waals surface area contributed by atoms with Crippen molar-refractivity contribution in [2.45, 2.75) is 25.9 Å². The monoisotopic (exact) mass is 296 g/mol. The van der Waals surface area contributed by atoms with E-state index in [-0.39, 0.29) is 23.6 Å². The molecule has 2 atom stereocenters. The lowest BCUT2D eigenvalue weighted by atomic mass is 10.1. The molecule has 2 aliphatic rings. The van der Waals surface area contributed by atoms with Gasteiger partial charge in [-0.25, -0.2) is 8.42 Å². The molecule has 1 aromatic rings. The smallest absolute Gasteiger partial charge is 0.174 e. The molecule has 2 fully saturated rings. The topological polar surface area (TPSA) is 49.4 Å². The minimum absolute atomic E-state index is 0.0705. The summed E-state index contributed by atoms with van der Waals surface area (Å²) in [6.45, 7) is 4.07. The van der Waals surface area contributed by atoms with Crippen LogP contribution in [0.5, 0.6) is 0 Å². The number of sulfone groups is 1. The first-order chi connectivity index (χ1) is 8.87. The molecule has 0 aliphatic carbocycles. The zero-order chi connectivity index (χ0) is 13.8. The molecule has 1 aromatic carbocycles. The molecule has 102 valence electrons. The Morgan fingerprint density at radius 2 is 2.05 bits per heavy atom. The van der Waals surface area contributed by atoms with E-state index in [1.807, 2.05) is 30.9 Å². The van der Waals surface area contributed by atoms with E-state index >= 15 is 0 Å². The van der Waals surface area contributed by atoms with Crippen LogP contribution < -0.4 is 10.2 Å². The van der Waals surface area contributed by atoms with Gasteiger partial charge in [0.2, 0.25) is 0 Å². The number of anilines is 1. The van der Waals surface area contributed by atoms with Crippen molar-refractivity contribution in [2.75, 3.05) is 16.4 Å². The standard InChI is InChI=1S/C13H16N2O2S2/c1-8-3-4-11(9(2)5-8)15-12-7-19(16,17)6-10(12)14-13(15)18/h3-5,10,12H,6-7H2,1-2H3,(H,14,18)/t10-,12-/m1/s1. The van der Waals surface area contributed by atoms with E-state index < -0.39 is 9.84 Å². The van der Waals surface area contributed by atoms with E-state index in [4.69, 9.17) is 12.2 Å². The van der Waals surface area contributed by atoms with Gasteiger partial charge in [-0.3, -0.25) is 0 Å². The summed E-state index contributed by atoms with van der Waals surface area (Å²) in [5.74, 6) is 0.358. The van der Waals surface area contributed by atoms with Crippen molar-refractivity contribution in [3.63, 3.8) is 0 Å². The maximum Gasteiger partial charge on any atom is 0.174 e. The maximum atomic E-state index is 11.8. The molecule has 0 spiro atoms. The molecule has 2 aliphatic heterocycles. The fourth-order valence-corrected chi connectivity index (χ4v) is 5.24. The number of thiocarbonyl (C=S) groups is 1. The summed E-state index contributed by atoms with van der Waals surface area (Å²) in [5.41, 5.74) is 3.32. The highest BCUT2D eigenvalue weighted by molar-refractivity contribution is 7.91. The van der Waals surface area contributed by atoms with Gasteiger partial charge in [0, 0.05) is 5.69 Å². The van der Waals surface area contributed by atoms with Gasteiger partial charge in [-0.05, 0) is 37.7 Å². The summed E-state index contributed by atoms with van der Waals surface area (Å²) in [4.78, 5) is 1.97. The third-order valence-electron chi connectivity index (χ3n) is 3.79. The SMILES string of the molecule is Cc1ccc(N2C(=S)N[C@@H]3CS(=O)(=O)C[C@H]32)c(C)c1. The molecule has 2 heterocycles. The molecule has 0 unspecified atom stereocenters. The molecule has 0 amide bonds. The van der Waals surface area contributed by atoms with E-state index in [1.54, 1.807) is 0 Å². The van der Waals surface area contributed by atoms with Crippen molar-refractivity contribution in [3.05, 3.63) is 29.3 Å². The van der Waals surface area contributed by atoms with Gasteiger partial charge in [-0.1, -0.05) is 17.7 Å². The van der Waals surface area contributed by atoms with Crippen molar-refractivity contribution in [1.82, 2.24) is 5.32 Å². The molecular weight excluding hydrogens is 280 g/mol. The first-order valence-corrected chi connectivity index (χ1v) is 8.48. The molecule has 0 saturated carbocycles. The van der Waals surface area contributed by atoms with E-state index in [2.05, 4.69) is 11.4 Å². The Morgan fingerprint density at radius 1 is 1.32 bits per heavy atom. The summed E-state index contributed by atoms with van der Waals surface area (Å²) in [7, 11) is -2.95. The predicted octanol–water partition coefficient (Wildman–Crippen LogP) is 1.16. The van der Waals surface area contributed by atoms with Crippen LogP contribution in [0, 0.1) is 13.8 Å². The van der Waals surface area contributed by atoms with Crippen molar-refractivity contribution in [3.8, 4) is 0 Å². The number of fused-ring (bicyclic) bond motifs is 1. The fourth-order valence-electron chi connectivity index (χ4n) is 2.96. The lowest BCUT2D eigenvalue weighted by Gasteiger charge is -2.25. The van der Waals surface area contributed by atoms with Crippen molar-refractivity contribution in [2.24, 2.45) is 0 Å². The molecule has 6 heteroatoms. The Kier molecular flexibility index (Phi) is 2.83. The highest BCUT2D eigenvalue weighted by atomic mass is 32.2. The van der Waals surface area contributed by atoms with Crippen LogP contribution in [0.1, 0.15) is 11.1 Å². The molecule has 3 rings (SSSR count). The van der Waals surface area contributed by atoms with Gasteiger partial charge in [0.15, 0.2) is 14.9 Å². The lowest BCUT2D eigenvalue weighted by molar-refractivity contribution is 0.600. The Labute approximate surface area is 118 Å². The first kappa shape index (κ1) is 12.9. The second-order valence-corrected chi connectivity index (χ2v) is 7.90. The Bertz CT molecular complexity index is 655. The van der Waals surface area contributed by atoms with Crippen LogP contribution in [0.2, 0.25) is 0 Å². The molecule has 0 aromatic heterocycles. The molecular formula is C13H16N2O2S2. The molecule has 0 bridgehead atoms. The zero-order valence-corrected chi connectivity index (χ0v) is 12.5. The average Bonchev–Trinajstić information content (AvgIpc) is 2.70. The Morgan fingerprint density at radius 3 is 2.74 bits per heavy atom. The lowest BCUT2D eigenvalue weighted by Crippen LogP contribution is -2.37. The van der Waals surface area contributed by atoms with E-state index in [0.29, 0.717) is 5.11 Å². The number of hydrogen-bond donors (Lipinski definition) is 1. The minimum Gasteiger partial charge on any atom is -0.356 e. The first-order valence-electron chi connectivity index (χ1n) is 6.25. The Hall–Kier alpha value is -1.14. The van der Waals surface area contributed by atoms with Crippen LogP contribution in [0.4, 0.5) is 5.69 Å². The summed E-state index contributed by atoms with van der Waals surface area (Å²) in [5, 5.41) is 3.78. The van der Waals surface area contributed by atoms with Crippen LogP contribution in [0.25, 0.3) is 0 Å². The van der Waals surface area contributed by atoms with Crippen LogP contribution >= 0.6 is 12.2 Å². The van der Waals surface area contributed by atoms with Crippen LogP contribution in [0.3, 0.4) is 0 Å². The number of nitrogens with one attached hydrogen (secondary N) is 1. The quantitative estimate of drug-likeness (QED) is 0.788. The maximum absolute atomic E-state index is 11.8. The number of rotatable bonds is 1. The summed E-state index contributed by atoms with van der Waals surface area (Å²) >= 11 is 5.36. The molecule has 1 N–H and O–H groups in total. The number of nitrogens with zero attached hydrogens (tertiary/aromatic N) is 1. The van der Waals surface area contributed by atoms with E-state index in [1.165, 1.54) is 5.56 Å². The van der Waals surface area contributed by atoms with Gasteiger partial charge < -0.3 is 10.2 Å². The van der Waals surface area contributed by atoms with Gasteiger partial charge >= 0.3 is 0 Å². The third kappa shape index (κ3) is 2.12. The van der Waals surface area contributed by atoms with E-state index in [0.717, 1.165) is 11.3 Å².